The Morgan fingerprint density at radius 3 is 2.25 bits per heavy atom. The topological polar surface area (TPSA) is 0 Å². The van der Waals surface area contributed by atoms with Crippen LogP contribution >= 0.6 is 0 Å². The smallest absolute Gasteiger partial charge is 0.111 e. The Hall–Kier alpha value is -0.590. The summed E-state index contributed by atoms with van der Waals surface area (Å²) in [5, 5.41) is 0. The molecule has 0 aromatic rings. The molecular formula is C7H11F. The Labute approximate surface area is 49.7 Å². The lowest BCUT2D eigenvalue weighted by molar-refractivity contribution is 0.543. The zero-order valence-electron chi connectivity index (χ0n) is 5.37. The predicted molar refractivity (Wildman–Crippen MR) is 34.5 cm³/mol. The van der Waals surface area contributed by atoms with E-state index in [4.69, 9.17) is 0 Å². The molecule has 0 nitrogen and oxygen atoms in total. The van der Waals surface area contributed by atoms with Gasteiger partial charge in [0.15, 0.2) is 0 Å². The van der Waals surface area contributed by atoms with E-state index < -0.39 is 0 Å². The van der Waals surface area contributed by atoms with Gasteiger partial charge < -0.3 is 0 Å². The fraction of sp³-hybridized carbons (Fsp3) is 0.429. The molecule has 0 aliphatic carbocycles. The average molecular weight is 114 g/mol. The lowest BCUT2D eigenvalue weighted by Gasteiger charge is -1.89. The molecule has 0 radical (unpaired) electrons. The van der Waals surface area contributed by atoms with Crippen molar-refractivity contribution in [3.8, 4) is 0 Å². The fourth-order valence-corrected chi connectivity index (χ4v) is 0.459. The lowest BCUT2D eigenvalue weighted by Crippen LogP contribution is -1.76. The summed E-state index contributed by atoms with van der Waals surface area (Å²) in [4.78, 5) is 0. The third-order valence-corrected chi connectivity index (χ3v) is 0.704. The van der Waals surface area contributed by atoms with Gasteiger partial charge in [0.2, 0.25) is 0 Å². The highest BCUT2D eigenvalue weighted by atomic mass is 19.1. The molecule has 0 N–H and O–H groups in total. The number of allylic oxidation sites excluding steroid dienone is 3. The van der Waals surface area contributed by atoms with E-state index in [9.17, 15) is 4.39 Å². The van der Waals surface area contributed by atoms with Gasteiger partial charge in [0.05, 0.1) is 0 Å². The number of hydrogen-bond acceptors (Lipinski definition) is 0. The fourth-order valence-electron chi connectivity index (χ4n) is 0.459. The number of alkyl halides is 1. The average Bonchev–Trinajstić information content (AvgIpc) is 1.65. The Kier molecular flexibility index (Phi) is 3.16. The Morgan fingerprint density at radius 2 is 2.12 bits per heavy atom. The second-order valence-electron chi connectivity index (χ2n) is 1.97. The third-order valence-electron chi connectivity index (χ3n) is 0.704. The van der Waals surface area contributed by atoms with Gasteiger partial charge in [0, 0.05) is 0 Å². The molecule has 0 saturated carbocycles. The van der Waals surface area contributed by atoms with Crippen molar-refractivity contribution < 1.29 is 4.39 Å². The third kappa shape index (κ3) is 3.59. The van der Waals surface area contributed by atoms with E-state index in [2.05, 4.69) is 6.58 Å². The van der Waals surface area contributed by atoms with Crippen molar-refractivity contribution in [1.29, 1.82) is 0 Å². The first kappa shape index (κ1) is 7.41. The van der Waals surface area contributed by atoms with E-state index in [1.807, 2.05) is 6.92 Å². The quantitative estimate of drug-likeness (QED) is 0.484. The first-order valence-corrected chi connectivity index (χ1v) is 2.55. The van der Waals surface area contributed by atoms with Gasteiger partial charge in [0.1, 0.15) is 6.67 Å². The van der Waals surface area contributed by atoms with E-state index in [0.29, 0.717) is 0 Å². The van der Waals surface area contributed by atoms with E-state index >= 15 is 0 Å². The summed E-state index contributed by atoms with van der Waals surface area (Å²) < 4.78 is 11.6. The van der Waals surface area contributed by atoms with Crippen LogP contribution in [0.1, 0.15) is 13.8 Å². The highest BCUT2D eigenvalue weighted by Crippen LogP contribution is 1.98. The van der Waals surface area contributed by atoms with Crippen LogP contribution in [0, 0.1) is 0 Å². The largest absolute Gasteiger partial charge is 0.246 e. The summed E-state index contributed by atoms with van der Waals surface area (Å²) in [6.45, 7) is 6.82. The zero-order chi connectivity index (χ0) is 6.57. The highest BCUT2D eigenvalue weighted by Gasteiger charge is 1.83. The van der Waals surface area contributed by atoms with Crippen molar-refractivity contribution in [3.05, 3.63) is 23.8 Å². The maximum atomic E-state index is 11.6. The van der Waals surface area contributed by atoms with Gasteiger partial charge in [-0.25, -0.2) is 4.39 Å². The van der Waals surface area contributed by atoms with Gasteiger partial charge in [-0.2, -0.15) is 0 Å². The maximum absolute atomic E-state index is 11.6. The molecule has 0 fully saturated rings. The number of hydrogen-bond donors (Lipinski definition) is 0. The molecule has 0 aliphatic heterocycles. The summed E-state index contributed by atoms with van der Waals surface area (Å²) in [5.41, 5.74) is 1.64. The Bertz CT molecular complexity index is 112. The van der Waals surface area contributed by atoms with Crippen LogP contribution in [-0.2, 0) is 0 Å². The van der Waals surface area contributed by atoms with Crippen molar-refractivity contribution in [2.24, 2.45) is 0 Å². The van der Waals surface area contributed by atoms with Crippen molar-refractivity contribution in [2.75, 3.05) is 6.67 Å². The van der Waals surface area contributed by atoms with Crippen LogP contribution in [0.3, 0.4) is 0 Å². The van der Waals surface area contributed by atoms with Gasteiger partial charge in [-0.05, 0) is 19.4 Å². The van der Waals surface area contributed by atoms with Crippen molar-refractivity contribution in [3.63, 3.8) is 0 Å². The molecule has 0 bridgehead atoms. The molecule has 1 heteroatoms. The minimum atomic E-state index is -0.368. The Morgan fingerprint density at radius 1 is 1.62 bits per heavy atom. The minimum Gasteiger partial charge on any atom is -0.246 e. The summed E-state index contributed by atoms with van der Waals surface area (Å²) in [5.74, 6) is 0. The summed E-state index contributed by atoms with van der Waals surface area (Å²) in [6, 6.07) is 0. The summed E-state index contributed by atoms with van der Waals surface area (Å²) in [7, 11) is 0. The molecule has 0 unspecified atom stereocenters. The molecular weight excluding hydrogens is 103 g/mol. The predicted octanol–water partition coefficient (Wildman–Crippen LogP) is 2.48. The van der Waals surface area contributed by atoms with Crippen molar-refractivity contribution >= 4 is 0 Å². The number of rotatable bonds is 2. The van der Waals surface area contributed by atoms with Crippen molar-refractivity contribution in [2.45, 2.75) is 13.8 Å². The van der Waals surface area contributed by atoms with E-state index in [1.54, 1.807) is 13.0 Å². The molecule has 46 valence electrons. The van der Waals surface area contributed by atoms with Gasteiger partial charge in [-0.15, -0.1) is 0 Å². The number of halogens is 1. The van der Waals surface area contributed by atoms with Crippen LogP contribution in [-0.4, -0.2) is 6.67 Å². The van der Waals surface area contributed by atoms with Gasteiger partial charge >= 0.3 is 0 Å². The molecule has 0 heterocycles. The monoisotopic (exact) mass is 114 g/mol. The van der Waals surface area contributed by atoms with Gasteiger partial charge in [0.25, 0.3) is 0 Å². The molecule has 0 aliphatic rings. The van der Waals surface area contributed by atoms with Gasteiger partial charge in [-0.3, -0.25) is 0 Å². The first-order chi connectivity index (χ1) is 3.66. The second-order valence-corrected chi connectivity index (χ2v) is 1.97. The SMILES string of the molecule is C=C(C)/C=C(/C)CF. The molecule has 0 saturated heterocycles. The van der Waals surface area contributed by atoms with E-state index in [1.165, 1.54) is 0 Å². The molecule has 0 rings (SSSR count). The first-order valence-electron chi connectivity index (χ1n) is 2.55. The zero-order valence-corrected chi connectivity index (χ0v) is 5.37. The van der Waals surface area contributed by atoms with Crippen LogP contribution in [0.2, 0.25) is 0 Å². The molecule has 0 spiro atoms. The summed E-state index contributed by atoms with van der Waals surface area (Å²) in [6.07, 6.45) is 1.74. The van der Waals surface area contributed by atoms with Crippen LogP contribution in [0.4, 0.5) is 4.39 Å². The van der Waals surface area contributed by atoms with E-state index in [-0.39, 0.29) is 6.67 Å². The van der Waals surface area contributed by atoms with E-state index in [0.717, 1.165) is 11.1 Å². The minimum absolute atomic E-state index is 0.368. The van der Waals surface area contributed by atoms with Crippen LogP contribution in [0.25, 0.3) is 0 Å². The van der Waals surface area contributed by atoms with Crippen LogP contribution in [0.5, 0.6) is 0 Å². The van der Waals surface area contributed by atoms with Crippen molar-refractivity contribution in [1.82, 2.24) is 0 Å². The van der Waals surface area contributed by atoms with Crippen LogP contribution in [0.15, 0.2) is 23.8 Å². The molecule has 0 atom stereocenters. The molecule has 0 aromatic heterocycles. The summed E-state index contributed by atoms with van der Waals surface area (Å²) >= 11 is 0. The van der Waals surface area contributed by atoms with Gasteiger partial charge in [-0.1, -0.05) is 18.2 Å². The Balaban J connectivity index is 3.75. The maximum Gasteiger partial charge on any atom is 0.111 e. The molecule has 8 heavy (non-hydrogen) atoms. The molecule has 0 amide bonds. The standard InChI is InChI=1S/C7H11F/c1-6(2)4-7(3)5-8/h4H,1,5H2,2-3H3/b7-4-. The lowest BCUT2D eigenvalue weighted by atomic mass is 10.2. The van der Waals surface area contributed by atoms with Crippen LogP contribution < -0.4 is 0 Å². The second kappa shape index (κ2) is 3.42. The normalized spacial score (nSPS) is 11.6. The highest BCUT2D eigenvalue weighted by molar-refractivity contribution is 5.16. The molecule has 0 aromatic carbocycles.